The molecule has 1 aromatic rings. The summed E-state index contributed by atoms with van der Waals surface area (Å²) in [5.41, 5.74) is 0.740. The van der Waals surface area contributed by atoms with Gasteiger partial charge in [0, 0.05) is 44.2 Å². The van der Waals surface area contributed by atoms with Crippen LogP contribution in [0.3, 0.4) is 0 Å². The van der Waals surface area contributed by atoms with Crippen molar-refractivity contribution >= 4 is 5.91 Å². The minimum atomic E-state index is -0.140. The van der Waals surface area contributed by atoms with Gasteiger partial charge in [0.15, 0.2) is 0 Å². The van der Waals surface area contributed by atoms with Gasteiger partial charge in [-0.25, -0.2) is 4.39 Å². The highest BCUT2D eigenvalue weighted by Gasteiger charge is 2.26. The Morgan fingerprint density at radius 2 is 2.00 bits per heavy atom. The van der Waals surface area contributed by atoms with E-state index in [0.717, 1.165) is 57.4 Å². The molecule has 1 aliphatic carbocycles. The molecular weight excluding hydrogens is 291 g/mol. The Bertz CT molecular complexity index is 572. The average Bonchev–Trinajstić information content (AvgIpc) is 2.83. The van der Waals surface area contributed by atoms with Gasteiger partial charge in [0.05, 0.1) is 0 Å². The van der Waals surface area contributed by atoms with Gasteiger partial charge in [-0.15, -0.1) is 0 Å². The fourth-order valence-corrected chi connectivity index (χ4v) is 3.49. The highest BCUT2D eigenvalue weighted by atomic mass is 19.1. The van der Waals surface area contributed by atoms with E-state index in [9.17, 15) is 9.18 Å². The molecule has 1 aliphatic heterocycles. The second-order valence-corrected chi connectivity index (χ2v) is 6.53. The molecule has 2 aliphatic rings. The fourth-order valence-electron chi connectivity index (χ4n) is 3.49. The highest BCUT2D eigenvalue weighted by molar-refractivity contribution is 5.79. The lowest BCUT2D eigenvalue weighted by Crippen LogP contribution is -2.39. The van der Waals surface area contributed by atoms with Crippen LogP contribution in [0.25, 0.3) is 0 Å². The van der Waals surface area contributed by atoms with Crippen molar-refractivity contribution in [3.63, 3.8) is 0 Å². The van der Waals surface area contributed by atoms with Gasteiger partial charge in [0.25, 0.3) is 0 Å². The fraction of sp³-hybridized carbons (Fsp3) is 0.526. The van der Waals surface area contributed by atoms with Crippen molar-refractivity contribution < 1.29 is 9.18 Å². The summed E-state index contributed by atoms with van der Waals surface area (Å²) < 4.78 is 13.8. The molecule has 3 nitrogen and oxygen atoms in total. The van der Waals surface area contributed by atoms with E-state index in [-0.39, 0.29) is 11.7 Å². The molecule has 1 amide bonds. The molecule has 0 aromatic heterocycles. The predicted octanol–water partition coefficient (Wildman–Crippen LogP) is 3.22. The van der Waals surface area contributed by atoms with Crippen LogP contribution in [0.1, 0.15) is 31.2 Å². The van der Waals surface area contributed by atoms with Crippen molar-refractivity contribution in [2.24, 2.45) is 5.92 Å². The minimum absolute atomic E-state index is 0.140. The summed E-state index contributed by atoms with van der Waals surface area (Å²) in [6, 6.07) is 6.96. The smallest absolute Gasteiger partial charge is 0.226 e. The summed E-state index contributed by atoms with van der Waals surface area (Å²) in [5.74, 6) is 0.332. The standard InChI is InChI=1S/C19H25FN2O/c20-18-10-5-4-9-17(18)15-21-11-6-12-22(14-13-21)19(23)16-7-2-1-3-8-16/h1-2,4-5,9-10,16H,3,6-8,11-15H2. The maximum absolute atomic E-state index is 13.8. The van der Waals surface area contributed by atoms with Gasteiger partial charge >= 0.3 is 0 Å². The van der Waals surface area contributed by atoms with Crippen LogP contribution in [-0.4, -0.2) is 41.9 Å². The van der Waals surface area contributed by atoms with Gasteiger partial charge < -0.3 is 4.90 Å². The molecule has 0 N–H and O–H groups in total. The van der Waals surface area contributed by atoms with Crippen molar-refractivity contribution in [2.75, 3.05) is 26.2 Å². The number of benzene rings is 1. The summed E-state index contributed by atoms with van der Waals surface area (Å²) in [5, 5.41) is 0. The Balaban J connectivity index is 1.55. The summed E-state index contributed by atoms with van der Waals surface area (Å²) in [6.07, 6.45) is 8.14. The number of nitrogens with zero attached hydrogens (tertiary/aromatic N) is 2. The minimum Gasteiger partial charge on any atom is -0.341 e. The van der Waals surface area contributed by atoms with Crippen LogP contribution < -0.4 is 0 Å². The molecule has 124 valence electrons. The molecule has 1 atom stereocenters. The van der Waals surface area contributed by atoms with Crippen molar-refractivity contribution in [2.45, 2.75) is 32.2 Å². The molecule has 1 fully saturated rings. The first-order valence-corrected chi connectivity index (χ1v) is 8.63. The molecule has 0 spiro atoms. The van der Waals surface area contributed by atoms with Gasteiger partial charge in [-0.3, -0.25) is 9.69 Å². The van der Waals surface area contributed by atoms with E-state index in [1.54, 1.807) is 6.07 Å². The van der Waals surface area contributed by atoms with Crippen molar-refractivity contribution in [3.8, 4) is 0 Å². The molecular formula is C19H25FN2O. The first kappa shape index (κ1) is 16.2. The van der Waals surface area contributed by atoms with Crippen molar-refractivity contribution in [3.05, 3.63) is 47.8 Å². The van der Waals surface area contributed by atoms with Crippen LogP contribution in [0.2, 0.25) is 0 Å². The Morgan fingerprint density at radius 3 is 2.78 bits per heavy atom. The zero-order valence-electron chi connectivity index (χ0n) is 13.6. The number of halogens is 1. The van der Waals surface area contributed by atoms with Crippen molar-refractivity contribution in [1.29, 1.82) is 0 Å². The van der Waals surface area contributed by atoms with E-state index >= 15 is 0 Å². The lowest BCUT2D eigenvalue weighted by molar-refractivity contribution is -0.135. The molecule has 0 saturated carbocycles. The summed E-state index contributed by atoms with van der Waals surface area (Å²) >= 11 is 0. The summed E-state index contributed by atoms with van der Waals surface area (Å²) in [4.78, 5) is 16.9. The van der Waals surface area contributed by atoms with Crippen LogP contribution in [-0.2, 0) is 11.3 Å². The third-order valence-corrected chi connectivity index (χ3v) is 4.87. The SMILES string of the molecule is O=C(C1CC=CCC1)N1CCCN(Cc2ccccc2F)CC1. The molecule has 4 heteroatoms. The van der Waals surface area contributed by atoms with Gasteiger partial charge in [-0.2, -0.15) is 0 Å². The number of carbonyl (C=O) groups is 1. The van der Waals surface area contributed by atoms with Gasteiger partial charge in [-0.1, -0.05) is 30.4 Å². The summed E-state index contributed by atoms with van der Waals surface area (Å²) in [6.45, 7) is 3.95. The number of hydrogen-bond acceptors (Lipinski definition) is 2. The Hall–Kier alpha value is -1.68. The number of carbonyl (C=O) groups excluding carboxylic acids is 1. The van der Waals surface area contributed by atoms with Gasteiger partial charge in [0.2, 0.25) is 5.91 Å². The highest BCUT2D eigenvalue weighted by Crippen LogP contribution is 2.21. The van der Waals surface area contributed by atoms with Crippen LogP contribution in [0.5, 0.6) is 0 Å². The van der Waals surface area contributed by atoms with Gasteiger partial charge in [0.1, 0.15) is 5.82 Å². The first-order chi connectivity index (χ1) is 11.2. The molecule has 0 radical (unpaired) electrons. The quantitative estimate of drug-likeness (QED) is 0.800. The van der Waals surface area contributed by atoms with Gasteiger partial charge in [-0.05, 0) is 31.7 Å². The maximum atomic E-state index is 13.8. The van der Waals surface area contributed by atoms with E-state index in [1.165, 1.54) is 6.07 Å². The van der Waals surface area contributed by atoms with Crippen molar-refractivity contribution in [1.82, 2.24) is 9.80 Å². The molecule has 1 saturated heterocycles. The summed E-state index contributed by atoms with van der Waals surface area (Å²) in [7, 11) is 0. The lowest BCUT2D eigenvalue weighted by atomic mass is 9.93. The number of amides is 1. The van der Waals surface area contributed by atoms with Crippen LogP contribution >= 0.6 is 0 Å². The van der Waals surface area contributed by atoms with E-state index in [1.807, 2.05) is 17.0 Å². The topological polar surface area (TPSA) is 23.6 Å². The lowest BCUT2D eigenvalue weighted by Gasteiger charge is -2.27. The van der Waals surface area contributed by atoms with Crippen LogP contribution in [0, 0.1) is 11.7 Å². The van der Waals surface area contributed by atoms with Crippen LogP contribution in [0.15, 0.2) is 36.4 Å². The predicted molar refractivity (Wildman–Crippen MR) is 89.4 cm³/mol. The molecule has 0 bridgehead atoms. The zero-order chi connectivity index (χ0) is 16.1. The second kappa shape index (κ2) is 7.73. The molecule has 1 unspecified atom stereocenters. The third kappa shape index (κ3) is 4.20. The number of allylic oxidation sites excluding steroid dienone is 2. The monoisotopic (exact) mass is 316 g/mol. The Labute approximate surface area is 137 Å². The molecule has 1 heterocycles. The van der Waals surface area contributed by atoms with E-state index in [2.05, 4.69) is 17.1 Å². The first-order valence-electron chi connectivity index (χ1n) is 8.63. The zero-order valence-corrected chi connectivity index (χ0v) is 13.6. The van der Waals surface area contributed by atoms with E-state index in [0.29, 0.717) is 12.5 Å². The van der Waals surface area contributed by atoms with Crippen LogP contribution in [0.4, 0.5) is 4.39 Å². The Kier molecular flexibility index (Phi) is 5.44. The third-order valence-electron chi connectivity index (χ3n) is 4.87. The van der Waals surface area contributed by atoms with E-state index < -0.39 is 0 Å². The molecule has 1 aromatic carbocycles. The average molecular weight is 316 g/mol. The normalized spacial score (nSPS) is 22.8. The maximum Gasteiger partial charge on any atom is 0.226 e. The molecule has 3 rings (SSSR count). The molecule has 23 heavy (non-hydrogen) atoms. The number of rotatable bonds is 3. The second-order valence-electron chi connectivity index (χ2n) is 6.53. The van der Waals surface area contributed by atoms with E-state index in [4.69, 9.17) is 0 Å². The Morgan fingerprint density at radius 1 is 1.13 bits per heavy atom. The number of hydrogen-bond donors (Lipinski definition) is 0. The largest absolute Gasteiger partial charge is 0.341 e.